The highest BCUT2D eigenvalue weighted by molar-refractivity contribution is 6.18. The summed E-state index contributed by atoms with van der Waals surface area (Å²) in [5.74, 6) is -0.910. The number of ketones is 2. The van der Waals surface area contributed by atoms with E-state index in [2.05, 4.69) is 0 Å². The van der Waals surface area contributed by atoms with Crippen molar-refractivity contribution in [2.75, 3.05) is 25.7 Å². The SMILES string of the molecule is CC(=O)c1c(O)cccc1OCC(CO)(CCl)COc1cccc(O)c1C(C)=O. The van der Waals surface area contributed by atoms with Gasteiger partial charge in [-0.3, -0.25) is 9.59 Å². The van der Waals surface area contributed by atoms with Crippen LogP contribution in [0.15, 0.2) is 36.4 Å². The van der Waals surface area contributed by atoms with Crippen molar-refractivity contribution in [1.82, 2.24) is 0 Å². The molecule has 0 unspecified atom stereocenters. The molecule has 3 N–H and O–H groups in total. The Morgan fingerprint density at radius 3 is 1.62 bits per heavy atom. The van der Waals surface area contributed by atoms with E-state index in [0.717, 1.165) is 0 Å². The molecule has 0 radical (unpaired) electrons. The first kappa shape index (κ1) is 22.5. The molecule has 8 heteroatoms. The van der Waals surface area contributed by atoms with E-state index in [1.807, 2.05) is 0 Å². The molecule has 0 aliphatic rings. The van der Waals surface area contributed by atoms with E-state index in [1.165, 1.54) is 50.2 Å². The number of benzene rings is 2. The Labute approximate surface area is 173 Å². The van der Waals surface area contributed by atoms with E-state index in [-0.39, 0.29) is 64.8 Å². The summed E-state index contributed by atoms with van der Waals surface area (Å²) < 4.78 is 11.4. The Morgan fingerprint density at radius 1 is 0.897 bits per heavy atom. The van der Waals surface area contributed by atoms with Crippen molar-refractivity contribution < 1.29 is 34.4 Å². The first-order valence-electron chi connectivity index (χ1n) is 8.83. The molecular formula is C21H23ClO7. The molecule has 0 bridgehead atoms. The molecule has 0 aliphatic heterocycles. The Bertz CT molecular complexity index is 821. The van der Waals surface area contributed by atoms with E-state index in [4.69, 9.17) is 21.1 Å². The fourth-order valence-electron chi connectivity index (χ4n) is 2.70. The van der Waals surface area contributed by atoms with Crippen molar-refractivity contribution >= 4 is 23.2 Å². The first-order valence-corrected chi connectivity index (χ1v) is 9.36. The topological polar surface area (TPSA) is 113 Å². The highest BCUT2D eigenvalue weighted by atomic mass is 35.5. The van der Waals surface area contributed by atoms with Crippen molar-refractivity contribution in [3.05, 3.63) is 47.5 Å². The number of carbonyl (C=O) groups is 2. The minimum absolute atomic E-state index is 0.0293. The third kappa shape index (κ3) is 5.19. The number of phenols is 2. The predicted octanol–water partition coefficient (Wildman–Crippen LogP) is 3.18. The van der Waals surface area contributed by atoms with Gasteiger partial charge in [0.05, 0.1) is 12.0 Å². The van der Waals surface area contributed by atoms with Crippen LogP contribution in [0.4, 0.5) is 0 Å². The van der Waals surface area contributed by atoms with Crippen molar-refractivity contribution in [2.24, 2.45) is 5.41 Å². The number of Topliss-reactive ketones (excluding diaryl/α,β-unsaturated/α-hetero) is 2. The van der Waals surface area contributed by atoms with Crippen molar-refractivity contribution in [3.8, 4) is 23.0 Å². The van der Waals surface area contributed by atoms with Gasteiger partial charge in [-0.05, 0) is 38.1 Å². The van der Waals surface area contributed by atoms with Crippen molar-refractivity contribution in [3.63, 3.8) is 0 Å². The number of aliphatic hydroxyl groups excluding tert-OH is 1. The molecule has 0 amide bonds. The number of halogens is 1. The van der Waals surface area contributed by atoms with Gasteiger partial charge in [-0.15, -0.1) is 11.6 Å². The van der Waals surface area contributed by atoms with Crippen molar-refractivity contribution in [2.45, 2.75) is 13.8 Å². The highest BCUT2D eigenvalue weighted by Crippen LogP contribution is 2.32. The van der Waals surface area contributed by atoms with Crippen LogP contribution < -0.4 is 9.47 Å². The number of hydrogen-bond acceptors (Lipinski definition) is 7. The van der Waals surface area contributed by atoms with Crippen LogP contribution >= 0.6 is 11.6 Å². The molecule has 0 fully saturated rings. The number of carbonyl (C=O) groups excluding carboxylic acids is 2. The maximum atomic E-state index is 11.8. The maximum absolute atomic E-state index is 11.8. The van der Waals surface area contributed by atoms with Crippen LogP contribution in [-0.2, 0) is 0 Å². The zero-order valence-electron chi connectivity index (χ0n) is 16.1. The second kappa shape index (κ2) is 9.62. The van der Waals surface area contributed by atoms with Gasteiger partial charge in [0.15, 0.2) is 11.6 Å². The molecule has 0 aromatic heterocycles. The standard InChI is InChI=1S/C21H23ClO7/c1-13(24)19-15(26)5-3-7-17(19)28-11-21(9-22,10-23)12-29-18-8-4-6-16(27)20(18)14(2)25/h3-8,23,26-27H,9-12H2,1-2H3. The van der Waals surface area contributed by atoms with Crippen LogP contribution in [0.25, 0.3) is 0 Å². The molecule has 0 atom stereocenters. The van der Waals surface area contributed by atoms with Crippen LogP contribution in [0.2, 0.25) is 0 Å². The average Bonchev–Trinajstić information content (AvgIpc) is 2.68. The Hall–Kier alpha value is -2.77. The monoisotopic (exact) mass is 422 g/mol. The summed E-state index contributed by atoms with van der Waals surface area (Å²) >= 11 is 6.07. The third-order valence-electron chi connectivity index (χ3n) is 4.40. The lowest BCUT2D eigenvalue weighted by Crippen LogP contribution is -2.40. The lowest BCUT2D eigenvalue weighted by Gasteiger charge is -2.30. The van der Waals surface area contributed by atoms with E-state index >= 15 is 0 Å². The third-order valence-corrected chi connectivity index (χ3v) is 4.97. The highest BCUT2D eigenvalue weighted by Gasteiger charge is 2.32. The molecule has 0 saturated carbocycles. The predicted molar refractivity (Wildman–Crippen MR) is 107 cm³/mol. The summed E-state index contributed by atoms with van der Waals surface area (Å²) in [6, 6.07) is 8.85. The van der Waals surface area contributed by atoms with E-state index in [1.54, 1.807) is 0 Å². The van der Waals surface area contributed by atoms with Crippen LogP contribution in [-0.4, -0.2) is 52.6 Å². The lowest BCUT2D eigenvalue weighted by molar-refractivity contribution is 0.0398. The largest absolute Gasteiger partial charge is 0.507 e. The summed E-state index contributed by atoms with van der Waals surface area (Å²) in [5, 5.41) is 29.7. The Balaban J connectivity index is 2.22. The van der Waals surface area contributed by atoms with Gasteiger partial charge in [0.1, 0.15) is 47.3 Å². The normalized spacial score (nSPS) is 11.2. The number of ether oxygens (including phenoxy) is 2. The first-order chi connectivity index (χ1) is 13.7. The molecule has 0 saturated heterocycles. The Kier molecular flexibility index (Phi) is 7.47. The van der Waals surface area contributed by atoms with Gasteiger partial charge in [0, 0.05) is 5.88 Å². The zero-order chi connectivity index (χ0) is 21.6. The van der Waals surface area contributed by atoms with E-state index < -0.39 is 12.0 Å². The number of alkyl halides is 1. The minimum Gasteiger partial charge on any atom is -0.507 e. The molecule has 29 heavy (non-hydrogen) atoms. The number of phenolic OH excluding ortho intramolecular Hbond substituents is 2. The molecule has 2 rings (SSSR count). The fourth-order valence-corrected chi connectivity index (χ4v) is 2.94. The number of aromatic hydroxyl groups is 2. The average molecular weight is 423 g/mol. The van der Waals surface area contributed by atoms with E-state index in [0.29, 0.717) is 0 Å². The van der Waals surface area contributed by atoms with Gasteiger partial charge < -0.3 is 24.8 Å². The van der Waals surface area contributed by atoms with Crippen LogP contribution in [0.3, 0.4) is 0 Å². The molecule has 2 aromatic carbocycles. The van der Waals surface area contributed by atoms with Crippen LogP contribution in [0.5, 0.6) is 23.0 Å². The number of aliphatic hydroxyl groups is 1. The van der Waals surface area contributed by atoms with Gasteiger partial charge in [-0.2, -0.15) is 0 Å². The number of rotatable bonds is 10. The van der Waals surface area contributed by atoms with Gasteiger partial charge in [0.2, 0.25) is 0 Å². The summed E-state index contributed by atoms with van der Waals surface area (Å²) in [4.78, 5) is 23.6. The van der Waals surface area contributed by atoms with Gasteiger partial charge >= 0.3 is 0 Å². The van der Waals surface area contributed by atoms with Crippen LogP contribution in [0, 0.1) is 5.41 Å². The maximum Gasteiger partial charge on any atom is 0.167 e. The van der Waals surface area contributed by atoms with Crippen LogP contribution in [0.1, 0.15) is 34.6 Å². The minimum atomic E-state index is -1.07. The quantitative estimate of drug-likeness (QED) is 0.398. The Morgan fingerprint density at radius 2 is 1.31 bits per heavy atom. The molecule has 2 aromatic rings. The summed E-state index contributed by atoms with van der Waals surface area (Å²) in [5.41, 5.74) is -1.01. The molecular weight excluding hydrogens is 400 g/mol. The summed E-state index contributed by atoms with van der Waals surface area (Å²) in [6.07, 6.45) is 0. The fraction of sp³-hybridized carbons (Fsp3) is 0.333. The summed E-state index contributed by atoms with van der Waals surface area (Å²) in [7, 11) is 0. The molecule has 0 heterocycles. The number of hydrogen-bond donors (Lipinski definition) is 3. The molecule has 7 nitrogen and oxygen atoms in total. The van der Waals surface area contributed by atoms with Gasteiger partial charge in [-0.1, -0.05) is 12.1 Å². The van der Waals surface area contributed by atoms with Crippen molar-refractivity contribution in [1.29, 1.82) is 0 Å². The van der Waals surface area contributed by atoms with E-state index in [9.17, 15) is 24.9 Å². The zero-order valence-corrected chi connectivity index (χ0v) is 16.9. The molecule has 0 aliphatic carbocycles. The lowest BCUT2D eigenvalue weighted by atomic mass is 9.93. The molecule has 156 valence electrons. The second-order valence-electron chi connectivity index (χ2n) is 6.78. The summed E-state index contributed by atoms with van der Waals surface area (Å²) in [6.45, 7) is 1.96. The second-order valence-corrected chi connectivity index (χ2v) is 7.05. The smallest absolute Gasteiger partial charge is 0.167 e. The molecule has 0 spiro atoms. The van der Waals surface area contributed by atoms with Gasteiger partial charge in [0.25, 0.3) is 0 Å². The van der Waals surface area contributed by atoms with Gasteiger partial charge in [-0.25, -0.2) is 0 Å².